The Morgan fingerprint density at radius 2 is 1.80 bits per heavy atom. The second kappa shape index (κ2) is 13.6. The first-order valence-electron chi connectivity index (χ1n) is 15.4. The van der Waals surface area contributed by atoms with E-state index in [9.17, 15) is 0 Å². The van der Waals surface area contributed by atoms with Crippen molar-refractivity contribution < 1.29 is 0 Å². The molecule has 0 saturated heterocycles. The van der Waals surface area contributed by atoms with E-state index >= 15 is 0 Å². The van der Waals surface area contributed by atoms with E-state index in [0.717, 1.165) is 37.9 Å². The van der Waals surface area contributed by atoms with Crippen molar-refractivity contribution in [1.29, 1.82) is 0 Å². The molecule has 5 rings (SSSR count). The van der Waals surface area contributed by atoms with Crippen LogP contribution >= 0.6 is 0 Å². The van der Waals surface area contributed by atoms with Gasteiger partial charge in [-0.3, -0.25) is 4.99 Å². The summed E-state index contributed by atoms with van der Waals surface area (Å²) in [5.74, 6) is 1.60. The predicted molar refractivity (Wildman–Crippen MR) is 178 cm³/mol. The summed E-state index contributed by atoms with van der Waals surface area (Å²) in [6.45, 7) is 10.6. The van der Waals surface area contributed by atoms with Gasteiger partial charge < -0.3 is 5.32 Å². The van der Waals surface area contributed by atoms with Crippen molar-refractivity contribution in [2.45, 2.75) is 71.4 Å². The van der Waals surface area contributed by atoms with Crippen LogP contribution in [0.5, 0.6) is 0 Å². The van der Waals surface area contributed by atoms with Crippen LogP contribution in [0.15, 0.2) is 108 Å². The number of nitrogens with one attached hydrogen (secondary N) is 1. The summed E-state index contributed by atoms with van der Waals surface area (Å²) in [6, 6.07) is 25.0. The second-order valence-corrected chi connectivity index (χ2v) is 11.4. The molecule has 0 aromatic heterocycles. The van der Waals surface area contributed by atoms with Crippen LogP contribution in [0.2, 0.25) is 0 Å². The minimum Gasteiger partial charge on any atom is -0.367 e. The van der Waals surface area contributed by atoms with Crippen molar-refractivity contribution >= 4 is 18.0 Å². The van der Waals surface area contributed by atoms with Gasteiger partial charge in [0.25, 0.3) is 0 Å². The van der Waals surface area contributed by atoms with Gasteiger partial charge in [-0.15, -0.1) is 0 Å². The monoisotopic (exact) mass is 540 g/mol. The average molecular weight is 541 g/mol. The number of amidine groups is 1. The Kier molecular flexibility index (Phi) is 9.51. The summed E-state index contributed by atoms with van der Waals surface area (Å²) < 4.78 is 0. The van der Waals surface area contributed by atoms with E-state index < -0.39 is 0 Å². The van der Waals surface area contributed by atoms with Crippen molar-refractivity contribution in [3.8, 4) is 11.1 Å². The number of benzene rings is 3. The standard InChI is InChI=1S/C39H44N2/c1-5-8-10-14-28(4)37-27-38(34-25-20-29-16-11-12-17-33(29)26-34)41-39(40-37)32-23-21-31(22-24-32)36-19-13-18-30(15-9-6-2)35(36)7-3/h5-6,8-9,11-13,15-19,21-24,26,28,37-38H,2,7,10,14,20,25,27H2,1,3-4H3,(H,40,41)/b8-5-,15-9-. The minimum atomic E-state index is 0.216. The van der Waals surface area contributed by atoms with Gasteiger partial charge in [-0.25, -0.2) is 0 Å². The molecule has 3 aromatic carbocycles. The molecule has 2 nitrogen and oxygen atoms in total. The first kappa shape index (κ1) is 28.6. The molecular formula is C39H44N2. The number of allylic oxidation sites excluding steroid dienone is 4. The highest BCUT2D eigenvalue weighted by atomic mass is 15.1. The average Bonchev–Trinajstić information content (AvgIpc) is 3.03. The molecule has 1 N–H and O–H groups in total. The minimum absolute atomic E-state index is 0.216. The lowest BCUT2D eigenvalue weighted by molar-refractivity contribution is 0.352. The maximum Gasteiger partial charge on any atom is 0.129 e. The number of rotatable bonds is 10. The molecular weight excluding hydrogens is 496 g/mol. The maximum atomic E-state index is 5.37. The molecule has 1 aliphatic carbocycles. The number of aliphatic imine (C=N–C) groups is 1. The van der Waals surface area contributed by atoms with Crippen LogP contribution in [0.1, 0.15) is 74.3 Å². The smallest absolute Gasteiger partial charge is 0.129 e. The fourth-order valence-corrected chi connectivity index (χ4v) is 6.34. The number of fused-ring (bicyclic) bond motifs is 1. The van der Waals surface area contributed by atoms with E-state index in [2.05, 4.69) is 124 Å². The van der Waals surface area contributed by atoms with Crippen LogP contribution < -0.4 is 5.32 Å². The maximum absolute atomic E-state index is 5.37. The van der Waals surface area contributed by atoms with Crippen molar-refractivity contribution in [3.63, 3.8) is 0 Å². The lowest BCUT2D eigenvalue weighted by atomic mass is 9.83. The summed E-state index contributed by atoms with van der Waals surface area (Å²) >= 11 is 0. The van der Waals surface area contributed by atoms with E-state index in [-0.39, 0.29) is 6.04 Å². The Balaban J connectivity index is 1.46. The van der Waals surface area contributed by atoms with Crippen LogP contribution in [0.4, 0.5) is 0 Å². The molecule has 3 atom stereocenters. The number of hydrogen-bond acceptors (Lipinski definition) is 2. The van der Waals surface area contributed by atoms with Gasteiger partial charge in [-0.05, 0) is 90.3 Å². The van der Waals surface area contributed by atoms with E-state index in [0.29, 0.717) is 12.0 Å². The molecule has 0 bridgehead atoms. The van der Waals surface area contributed by atoms with Gasteiger partial charge in [0.05, 0.1) is 6.04 Å². The van der Waals surface area contributed by atoms with Crippen LogP contribution in [0, 0.1) is 5.92 Å². The summed E-state index contributed by atoms with van der Waals surface area (Å²) in [5.41, 5.74) is 10.6. The quantitative estimate of drug-likeness (QED) is 0.201. The van der Waals surface area contributed by atoms with Gasteiger partial charge in [-0.2, -0.15) is 0 Å². The third-order valence-electron chi connectivity index (χ3n) is 8.75. The summed E-state index contributed by atoms with van der Waals surface area (Å²) in [6.07, 6.45) is 19.4. The SMILES string of the molecule is C=C/C=C\c1cccc(-c2ccc(C3=NC(C4=Cc5ccccc5CC4)CC(C(C)CC/C=C\C)N3)cc2)c1CC. The zero-order valence-electron chi connectivity index (χ0n) is 24.9. The van der Waals surface area contributed by atoms with Crippen molar-refractivity contribution in [2.24, 2.45) is 10.9 Å². The topological polar surface area (TPSA) is 24.4 Å². The van der Waals surface area contributed by atoms with E-state index in [1.54, 1.807) is 0 Å². The van der Waals surface area contributed by atoms with Crippen LogP contribution in [-0.4, -0.2) is 17.9 Å². The lowest BCUT2D eigenvalue weighted by Crippen LogP contribution is -2.46. The fraction of sp³-hybridized carbons (Fsp3) is 0.308. The molecule has 2 aliphatic rings. The van der Waals surface area contributed by atoms with E-state index in [1.807, 2.05) is 12.2 Å². The van der Waals surface area contributed by atoms with E-state index in [4.69, 9.17) is 4.99 Å². The third kappa shape index (κ3) is 6.70. The molecule has 41 heavy (non-hydrogen) atoms. The fourth-order valence-electron chi connectivity index (χ4n) is 6.34. The Hall–Kier alpha value is -3.91. The van der Waals surface area contributed by atoms with Gasteiger partial charge >= 0.3 is 0 Å². The Labute approximate surface area is 247 Å². The molecule has 210 valence electrons. The third-order valence-corrected chi connectivity index (χ3v) is 8.75. The molecule has 1 aliphatic heterocycles. The second-order valence-electron chi connectivity index (χ2n) is 11.4. The predicted octanol–water partition coefficient (Wildman–Crippen LogP) is 9.61. The molecule has 3 unspecified atom stereocenters. The van der Waals surface area contributed by atoms with E-state index in [1.165, 1.54) is 50.9 Å². The van der Waals surface area contributed by atoms with Gasteiger partial charge in [0.2, 0.25) is 0 Å². The van der Waals surface area contributed by atoms with Crippen molar-refractivity contribution in [1.82, 2.24) is 5.32 Å². The molecule has 2 heteroatoms. The lowest BCUT2D eigenvalue weighted by Gasteiger charge is -2.35. The first-order valence-corrected chi connectivity index (χ1v) is 15.4. The zero-order chi connectivity index (χ0) is 28.6. The number of hydrogen-bond donors (Lipinski definition) is 1. The largest absolute Gasteiger partial charge is 0.367 e. The van der Waals surface area contributed by atoms with Crippen molar-refractivity contribution in [2.75, 3.05) is 0 Å². The van der Waals surface area contributed by atoms with Gasteiger partial charge in [0, 0.05) is 11.6 Å². The van der Waals surface area contributed by atoms with Gasteiger partial charge in [0.15, 0.2) is 0 Å². The highest BCUT2D eigenvalue weighted by Crippen LogP contribution is 2.33. The van der Waals surface area contributed by atoms with Crippen molar-refractivity contribution in [3.05, 3.63) is 131 Å². The van der Waals surface area contributed by atoms with Crippen LogP contribution in [0.3, 0.4) is 0 Å². The first-order chi connectivity index (χ1) is 20.1. The molecule has 0 spiro atoms. The molecule has 0 fully saturated rings. The highest BCUT2D eigenvalue weighted by molar-refractivity contribution is 6.00. The molecule has 1 heterocycles. The van der Waals surface area contributed by atoms with Crippen LogP contribution in [-0.2, 0) is 12.8 Å². The number of nitrogens with zero attached hydrogens (tertiary/aromatic N) is 1. The van der Waals surface area contributed by atoms with Gasteiger partial charge in [0.1, 0.15) is 5.84 Å². The summed E-state index contributed by atoms with van der Waals surface area (Å²) in [4.78, 5) is 5.37. The highest BCUT2D eigenvalue weighted by Gasteiger charge is 2.30. The normalized spacial score (nSPS) is 19.4. The van der Waals surface area contributed by atoms with Gasteiger partial charge in [-0.1, -0.05) is 124 Å². The molecule has 0 amide bonds. The molecule has 0 saturated carbocycles. The molecule has 3 aromatic rings. The summed E-state index contributed by atoms with van der Waals surface area (Å²) in [7, 11) is 0. The Morgan fingerprint density at radius 1 is 1.00 bits per heavy atom. The zero-order valence-corrected chi connectivity index (χ0v) is 24.9. The Bertz CT molecular complexity index is 1470. The Morgan fingerprint density at radius 3 is 2.59 bits per heavy atom. The summed E-state index contributed by atoms with van der Waals surface area (Å²) in [5, 5.41) is 3.88. The van der Waals surface area contributed by atoms with Crippen LogP contribution in [0.25, 0.3) is 23.3 Å². The number of aryl methyl sites for hydroxylation is 1. The molecule has 0 radical (unpaired) electrons.